The Balaban J connectivity index is 1.47. The number of rotatable bonds is 5. The molecule has 2 aliphatic rings. The first-order valence-electron chi connectivity index (χ1n) is 9.77. The Kier molecular flexibility index (Phi) is 5.50. The summed E-state index contributed by atoms with van der Waals surface area (Å²) in [6.45, 7) is 0.338. The fourth-order valence-electron chi connectivity index (χ4n) is 3.87. The highest BCUT2D eigenvalue weighted by Crippen LogP contribution is 2.30. The van der Waals surface area contributed by atoms with E-state index in [4.69, 9.17) is 0 Å². The summed E-state index contributed by atoms with van der Waals surface area (Å²) in [6, 6.07) is 9.50. The summed E-state index contributed by atoms with van der Waals surface area (Å²) in [4.78, 5) is 50.2. The number of hydrogen-bond donors (Lipinski definition) is 2. The van der Waals surface area contributed by atoms with Crippen LogP contribution >= 0.6 is 0 Å². The minimum absolute atomic E-state index is 0.134. The van der Waals surface area contributed by atoms with E-state index in [0.717, 1.165) is 5.56 Å². The molecule has 9 heteroatoms. The molecule has 0 aliphatic carbocycles. The molecule has 0 aromatic heterocycles. The molecule has 0 spiro atoms. The molecule has 0 radical (unpaired) electrons. The van der Waals surface area contributed by atoms with Gasteiger partial charge in [0.2, 0.25) is 11.8 Å². The van der Waals surface area contributed by atoms with E-state index < -0.39 is 24.3 Å². The van der Waals surface area contributed by atoms with E-state index in [2.05, 4.69) is 10.6 Å². The van der Waals surface area contributed by atoms with Gasteiger partial charge < -0.3 is 10.2 Å². The van der Waals surface area contributed by atoms with Crippen molar-refractivity contribution in [2.75, 3.05) is 0 Å². The minimum atomic E-state index is -2.60. The average Bonchev–Trinajstić information content (AvgIpc) is 3.09. The van der Waals surface area contributed by atoms with Crippen LogP contribution < -0.4 is 10.6 Å². The maximum atomic E-state index is 12.8. The van der Waals surface area contributed by atoms with Crippen molar-refractivity contribution in [1.82, 2.24) is 15.5 Å². The van der Waals surface area contributed by atoms with Gasteiger partial charge in [-0.3, -0.25) is 24.5 Å². The van der Waals surface area contributed by atoms with Gasteiger partial charge in [0.05, 0.1) is 0 Å². The van der Waals surface area contributed by atoms with Crippen molar-refractivity contribution in [3.63, 3.8) is 0 Å². The average molecular weight is 427 g/mol. The maximum Gasteiger partial charge on any atom is 0.263 e. The summed E-state index contributed by atoms with van der Waals surface area (Å²) < 4.78 is 25.3. The molecule has 4 rings (SSSR count). The minimum Gasteiger partial charge on any atom is -0.348 e. The second-order valence-corrected chi connectivity index (χ2v) is 7.45. The van der Waals surface area contributed by atoms with E-state index in [-0.39, 0.29) is 48.9 Å². The molecule has 160 valence electrons. The number of fused-ring (bicyclic) bond motifs is 1. The Morgan fingerprint density at radius 3 is 2.55 bits per heavy atom. The molecule has 2 heterocycles. The molecule has 2 aromatic carbocycles. The molecule has 1 saturated heterocycles. The molecule has 0 bridgehead atoms. The highest BCUT2D eigenvalue weighted by atomic mass is 19.3. The standard InChI is InChI=1S/C22H19F2N3O4/c23-19(24)12-4-6-13(7-5-12)20(29)25-10-14-2-1-3-15-16(14)11-27(22(15)31)17-8-9-18(28)26-21(17)30/h1-7,17,19H,8-11H2,(H,25,29)(H,26,28,30). The quantitative estimate of drug-likeness (QED) is 0.716. The Bertz CT molecular complexity index is 1070. The van der Waals surface area contributed by atoms with Gasteiger partial charge in [-0.05, 0) is 35.7 Å². The fraction of sp³-hybridized carbons (Fsp3) is 0.273. The van der Waals surface area contributed by atoms with Crippen LogP contribution in [0.15, 0.2) is 42.5 Å². The number of carbonyl (C=O) groups excluding carboxylic acids is 4. The third-order valence-electron chi connectivity index (χ3n) is 5.54. The number of imide groups is 1. The van der Waals surface area contributed by atoms with Crippen LogP contribution in [0.3, 0.4) is 0 Å². The molecule has 1 unspecified atom stereocenters. The van der Waals surface area contributed by atoms with Gasteiger partial charge in [0.15, 0.2) is 0 Å². The van der Waals surface area contributed by atoms with E-state index >= 15 is 0 Å². The molecule has 2 aliphatic heterocycles. The van der Waals surface area contributed by atoms with E-state index in [1.54, 1.807) is 18.2 Å². The third kappa shape index (κ3) is 4.03. The van der Waals surface area contributed by atoms with Crippen molar-refractivity contribution >= 4 is 23.6 Å². The zero-order valence-corrected chi connectivity index (χ0v) is 16.4. The summed E-state index contributed by atoms with van der Waals surface area (Å²) >= 11 is 0. The van der Waals surface area contributed by atoms with Crippen molar-refractivity contribution in [3.8, 4) is 0 Å². The normalized spacial score (nSPS) is 18.2. The summed E-state index contributed by atoms with van der Waals surface area (Å²) in [5.41, 5.74) is 1.98. The van der Waals surface area contributed by atoms with Crippen molar-refractivity contribution < 1.29 is 28.0 Å². The van der Waals surface area contributed by atoms with Crippen LogP contribution in [0.5, 0.6) is 0 Å². The molecule has 4 amide bonds. The first-order chi connectivity index (χ1) is 14.8. The molecule has 2 aromatic rings. The fourth-order valence-corrected chi connectivity index (χ4v) is 3.87. The van der Waals surface area contributed by atoms with Gasteiger partial charge in [-0.25, -0.2) is 8.78 Å². The topological polar surface area (TPSA) is 95.6 Å². The van der Waals surface area contributed by atoms with Crippen LogP contribution in [-0.4, -0.2) is 34.6 Å². The smallest absolute Gasteiger partial charge is 0.263 e. The molecule has 2 N–H and O–H groups in total. The second-order valence-electron chi connectivity index (χ2n) is 7.45. The summed E-state index contributed by atoms with van der Waals surface area (Å²) in [7, 11) is 0. The molecule has 7 nitrogen and oxygen atoms in total. The van der Waals surface area contributed by atoms with E-state index in [9.17, 15) is 28.0 Å². The van der Waals surface area contributed by atoms with Crippen LogP contribution in [0.2, 0.25) is 0 Å². The van der Waals surface area contributed by atoms with Crippen LogP contribution in [-0.2, 0) is 22.7 Å². The molecule has 1 fully saturated rings. The number of nitrogens with one attached hydrogen (secondary N) is 2. The number of alkyl halides is 2. The number of benzene rings is 2. The van der Waals surface area contributed by atoms with E-state index in [1.807, 2.05) is 0 Å². The maximum absolute atomic E-state index is 12.8. The predicted octanol–water partition coefficient (Wildman–Crippen LogP) is 2.32. The second kappa shape index (κ2) is 8.25. The van der Waals surface area contributed by atoms with Gasteiger partial charge >= 0.3 is 0 Å². The number of amides is 4. The summed E-state index contributed by atoms with van der Waals surface area (Å²) in [5, 5.41) is 5.00. The van der Waals surface area contributed by atoms with Crippen LogP contribution in [0.1, 0.15) is 56.7 Å². The van der Waals surface area contributed by atoms with Gasteiger partial charge in [-0.2, -0.15) is 0 Å². The zero-order valence-electron chi connectivity index (χ0n) is 16.4. The number of hydrogen-bond acceptors (Lipinski definition) is 4. The van der Waals surface area contributed by atoms with Gasteiger partial charge in [0, 0.05) is 36.2 Å². The predicted molar refractivity (Wildman–Crippen MR) is 105 cm³/mol. The largest absolute Gasteiger partial charge is 0.348 e. The highest BCUT2D eigenvalue weighted by Gasteiger charge is 2.39. The van der Waals surface area contributed by atoms with Crippen molar-refractivity contribution in [1.29, 1.82) is 0 Å². The van der Waals surface area contributed by atoms with Crippen LogP contribution in [0.25, 0.3) is 0 Å². The Morgan fingerprint density at radius 2 is 1.87 bits per heavy atom. The van der Waals surface area contributed by atoms with Crippen molar-refractivity contribution in [2.24, 2.45) is 0 Å². The first kappa shape index (κ1) is 20.6. The first-order valence-corrected chi connectivity index (χ1v) is 9.77. The lowest BCUT2D eigenvalue weighted by atomic mass is 10.0. The zero-order chi connectivity index (χ0) is 22.1. The van der Waals surface area contributed by atoms with Crippen LogP contribution in [0, 0.1) is 0 Å². The lowest BCUT2D eigenvalue weighted by Gasteiger charge is -2.29. The number of halogens is 2. The Labute approximate surface area is 176 Å². The highest BCUT2D eigenvalue weighted by molar-refractivity contribution is 6.05. The van der Waals surface area contributed by atoms with E-state index in [0.29, 0.717) is 11.1 Å². The summed E-state index contributed by atoms with van der Waals surface area (Å²) in [5.74, 6) is -1.56. The summed E-state index contributed by atoms with van der Waals surface area (Å²) in [6.07, 6.45) is -2.16. The molecule has 1 atom stereocenters. The van der Waals surface area contributed by atoms with Gasteiger partial charge in [0.1, 0.15) is 6.04 Å². The Hall–Kier alpha value is -3.62. The Morgan fingerprint density at radius 1 is 1.13 bits per heavy atom. The number of nitrogens with zero attached hydrogens (tertiary/aromatic N) is 1. The van der Waals surface area contributed by atoms with Crippen molar-refractivity contribution in [3.05, 3.63) is 70.3 Å². The number of carbonyl (C=O) groups is 4. The monoisotopic (exact) mass is 427 g/mol. The molecule has 0 saturated carbocycles. The van der Waals surface area contributed by atoms with Gasteiger partial charge in [-0.1, -0.05) is 24.3 Å². The van der Waals surface area contributed by atoms with Crippen LogP contribution in [0.4, 0.5) is 8.78 Å². The molecular weight excluding hydrogens is 408 g/mol. The van der Waals surface area contributed by atoms with Crippen molar-refractivity contribution in [2.45, 2.75) is 38.4 Å². The molecule has 31 heavy (non-hydrogen) atoms. The lowest BCUT2D eigenvalue weighted by molar-refractivity contribution is -0.136. The lowest BCUT2D eigenvalue weighted by Crippen LogP contribution is -2.52. The van der Waals surface area contributed by atoms with E-state index in [1.165, 1.54) is 29.2 Å². The van der Waals surface area contributed by atoms with Gasteiger partial charge in [0.25, 0.3) is 18.2 Å². The van der Waals surface area contributed by atoms with Gasteiger partial charge in [-0.15, -0.1) is 0 Å². The number of piperidine rings is 1. The molecular formula is C22H19F2N3O4. The third-order valence-corrected chi connectivity index (χ3v) is 5.54. The SMILES string of the molecule is O=C1CCC(N2Cc3c(CNC(=O)c4ccc(C(F)F)cc4)cccc3C2=O)C(=O)N1.